The van der Waals surface area contributed by atoms with Crippen LogP contribution in [0, 0.1) is 0 Å². The van der Waals surface area contributed by atoms with Crippen molar-refractivity contribution in [1.82, 2.24) is 4.90 Å². The molecule has 0 atom stereocenters. The van der Waals surface area contributed by atoms with Gasteiger partial charge in [-0.15, -0.1) is 0 Å². The van der Waals surface area contributed by atoms with Crippen molar-refractivity contribution in [2.75, 3.05) is 46.9 Å². The Kier molecular flexibility index (Phi) is 8.29. The first-order valence-electron chi connectivity index (χ1n) is 9.41. The molecule has 0 aliphatic rings. The van der Waals surface area contributed by atoms with Crippen LogP contribution in [0.3, 0.4) is 0 Å². The number of anilines is 1. The highest BCUT2D eigenvalue weighted by Gasteiger charge is 2.12. The Morgan fingerprint density at radius 3 is 2.27 bits per heavy atom. The highest BCUT2D eigenvalue weighted by Crippen LogP contribution is 2.25. The molecule has 0 unspecified atom stereocenters. The number of benzene rings is 2. The Hall–Kier alpha value is -3.48. The number of ether oxygens (including phenoxy) is 3. The lowest BCUT2D eigenvalue weighted by molar-refractivity contribution is -0.147. The fraction of sp³-hybridized carbons (Fsp3) is 0.304. The Balaban J connectivity index is 1.87. The minimum Gasteiger partial charge on any atom is -0.497 e. The van der Waals surface area contributed by atoms with E-state index in [4.69, 9.17) is 14.2 Å². The summed E-state index contributed by atoms with van der Waals surface area (Å²) in [5, 5.41) is 0. The molecule has 0 N–H and O–H groups in total. The van der Waals surface area contributed by atoms with Gasteiger partial charge in [0.25, 0.3) is 5.91 Å². The number of amides is 1. The summed E-state index contributed by atoms with van der Waals surface area (Å²) in [7, 11) is 8.71. The van der Waals surface area contributed by atoms with Crippen molar-refractivity contribution in [3.63, 3.8) is 0 Å². The Morgan fingerprint density at radius 1 is 0.967 bits per heavy atom. The molecule has 0 fully saturated rings. The molecule has 0 heterocycles. The van der Waals surface area contributed by atoms with E-state index < -0.39 is 5.97 Å². The molecule has 0 spiro atoms. The van der Waals surface area contributed by atoms with Gasteiger partial charge in [-0.3, -0.25) is 4.79 Å². The van der Waals surface area contributed by atoms with Crippen LogP contribution in [0.1, 0.15) is 11.1 Å². The lowest BCUT2D eigenvalue weighted by atomic mass is 10.1. The van der Waals surface area contributed by atoms with Gasteiger partial charge < -0.3 is 24.0 Å². The molecule has 0 bridgehead atoms. The second kappa shape index (κ2) is 10.9. The molecule has 2 aromatic rings. The smallest absolute Gasteiger partial charge is 0.331 e. The minimum absolute atomic E-state index is 0.285. The molecule has 2 aromatic carbocycles. The maximum Gasteiger partial charge on any atom is 0.331 e. The van der Waals surface area contributed by atoms with Gasteiger partial charge in [0.1, 0.15) is 11.5 Å². The van der Waals surface area contributed by atoms with E-state index in [-0.39, 0.29) is 12.5 Å². The van der Waals surface area contributed by atoms with Crippen LogP contribution in [0.25, 0.3) is 6.08 Å². The van der Waals surface area contributed by atoms with E-state index in [9.17, 15) is 9.59 Å². The molecule has 0 saturated carbocycles. The van der Waals surface area contributed by atoms with E-state index >= 15 is 0 Å². The number of carbonyl (C=O) groups is 2. The predicted molar refractivity (Wildman–Crippen MR) is 117 cm³/mol. The quantitative estimate of drug-likeness (QED) is 0.466. The topological polar surface area (TPSA) is 68.3 Å². The highest BCUT2D eigenvalue weighted by molar-refractivity contribution is 5.89. The molecule has 160 valence electrons. The lowest BCUT2D eigenvalue weighted by Gasteiger charge is -2.18. The summed E-state index contributed by atoms with van der Waals surface area (Å²) >= 11 is 0. The predicted octanol–water partition coefficient (Wildman–Crippen LogP) is 2.98. The van der Waals surface area contributed by atoms with E-state index in [1.54, 1.807) is 45.5 Å². The SMILES string of the molecule is COc1ccc(OC)c(/C=C/C(=O)OCC(=O)N(C)Cc2ccc(N(C)C)cc2)c1. The number of methoxy groups -OCH3 is 2. The molecule has 0 saturated heterocycles. The zero-order valence-corrected chi connectivity index (χ0v) is 18.0. The molecule has 1 amide bonds. The van der Waals surface area contributed by atoms with E-state index in [1.165, 1.54) is 11.0 Å². The van der Waals surface area contributed by atoms with Gasteiger partial charge in [0.15, 0.2) is 6.61 Å². The summed E-state index contributed by atoms with van der Waals surface area (Å²) in [4.78, 5) is 27.8. The average molecular weight is 412 g/mol. The van der Waals surface area contributed by atoms with Crippen LogP contribution in [-0.4, -0.2) is 58.7 Å². The first kappa shape index (κ1) is 22.8. The maximum atomic E-state index is 12.3. The van der Waals surface area contributed by atoms with Crippen LogP contribution >= 0.6 is 0 Å². The number of esters is 1. The van der Waals surface area contributed by atoms with Gasteiger partial charge >= 0.3 is 5.97 Å². The van der Waals surface area contributed by atoms with Gasteiger partial charge in [0.2, 0.25) is 0 Å². The Labute approximate surface area is 177 Å². The van der Waals surface area contributed by atoms with Gasteiger partial charge in [0.05, 0.1) is 14.2 Å². The number of likely N-dealkylation sites (N-methyl/N-ethyl adjacent to an activating group) is 1. The first-order chi connectivity index (χ1) is 14.3. The number of nitrogens with zero attached hydrogens (tertiary/aromatic N) is 2. The number of rotatable bonds is 9. The van der Waals surface area contributed by atoms with E-state index in [1.807, 2.05) is 43.3 Å². The minimum atomic E-state index is -0.614. The maximum absolute atomic E-state index is 12.3. The van der Waals surface area contributed by atoms with Crippen LogP contribution in [0.4, 0.5) is 5.69 Å². The first-order valence-corrected chi connectivity index (χ1v) is 9.41. The van der Waals surface area contributed by atoms with Gasteiger partial charge in [-0.1, -0.05) is 12.1 Å². The second-order valence-electron chi connectivity index (χ2n) is 6.86. The normalized spacial score (nSPS) is 10.6. The van der Waals surface area contributed by atoms with Gasteiger partial charge in [-0.25, -0.2) is 4.79 Å². The van der Waals surface area contributed by atoms with Crippen molar-refractivity contribution >= 4 is 23.6 Å². The lowest BCUT2D eigenvalue weighted by Crippen LogP contribution is -2.30. The second-order valence-corrected chi connectivity index (χ2v) is 6.86. The molecule has 7 nitrogen and oxygen atoms in total. The van der Waals surface area contributed by atoms with Crippen molar-refractivity contribution in [3.8, 4) is 11.5 Å². The molecule has 0 aliphatic heterocycles. The molecule has 0 aliphatic carbocycles. The van der Waals surface area contributed by atoms with Crippen molar-refractivity contribution in [3.05, 3.63) is 59.7 Å². The standard InChI is InChI=1S/C23H28N2O5/c1-24(2)19-9-6-17(7-10-19)15-25(3)22(26)16-30-23(27)13-8-18-14-20(28-4)11-12-21(18)29-5/h6-14H,15-16H2,1-5H3/b13-8+. The summed E-state index contributed by atoms with van der Waals surface area (Å²) in [5.74, 6) is 0.333. The van der Waals surface area contributed by atoms with Crippen LogP contribution < -0.4 is 14.4 Å². The molecule has 30 heavy (non-hydrogen) atoms. The highest BCUT2D eigenvalue weighted by atomic mass is 16.5. The van der Waals surface area contributed by atoms with Crippen LogP contribution in [0.5, 0.6) is 11.5 Å². The van der Waals surface area contributed by atoms with Crippen LogP contribution in [-0.2, 0) is 20.9 Å². The molecular formula is C23H28N2O5. The molecular weight excluding hydrogens is 384 g/mol. The summed E-state index contributed by atoms with van der Waals surface area (Å²) in [6.45, 7) is 0.103. The largest absolute Gasteiger partial charge is 0.497 e. The number of hydrogen-bond donors (Lipinski definition) is 0. The summed E-state index contributed by atoms with van der Waals surface area (Å²) < 4.78 is 15.5. The van der Waals surface area contributed by atoms with Crippen LogP contribution in [0.15, 0.2) is 48.5 Å². The third-order valence-corrected chi connectivity index (χ3v) is 4.47. The summed E-state index contributed by atoms with van der Waals surface area (Å²) in [5.41, 5.74) is 2.74. The van der Waals surface area contributed by atoms with Crippen molar-refractivity contribution in [2.45, 2.75) is 6.54 Å². The summed E-state index contributed by atoms with van der Waals surface area (Å²) in [6.07, 6.45) is 2.81. The van der Waals surface area contributed by atoms with E-state index in [2.05, 4.69) is 0 Å². The average Bonchev–Trinajstić information content (AvgIpc) is 2.75. The molecule has 0 radical (unpaired) electrons. The Bertz CT molecular complexity index is 891. The fourth-order valence-corrected chi connectivity index (χ4v) is 2.68. The van der Waals surface area contributed by atoms with E-state index in [0.717, 1.165) is 11.3 Å². The van der Waals surface area contributed by atoms with Crippen molar-refractivity contribution < 1.29 is 23.8 Å². The van der Waals surface area contributed by atoms with Gasteiger partial charge in [-0.05, 0) is 42.0 Å². The zero-order valence-electron chi connectivity index (χ0n) is 18.0. The van der Waals surface area contributed by atoms with Crippen molar-refractivity contribution in [1.29, 1.82) is 0 Å². The van der Waals surface area contributed by atoms with Crippen LogP contribution in [0.2, 0.25) is 0 Å². The van der Waals surface area contributed by atoms with Crippen molar-refractivity contribution in [2.24, 2.45) is 0 Å². The fourth-order valence-electron chi connectivity index (χ4n) is 2.68. The summed E-state index contributed by atoms with van der Waals surface area (Å²) in [6, 6.07) is 13.2. The van der Waals surface area contributed by atoms with Gasteiger partial charge in [0, 0.05) is 45.0 Å². The monoisotopic (exact) mass is 412 g/mol. The molecule has 7 heteroatoms. The third-order valence-electron chi connectivity index (χ3n) is 4.47. The molecule has 2 rings (SSSR count). The zero-order chi connectivity index (χ0) is 22.1. The number of hydrogen-bond acceptors (Lipinski definition) is 6. The third kappa shape index (κ3) is 6.55. The molecule has 0 aromatic heterocycles. The van der Waals surface area contributed by atoms with E-state index in [0.29, 0.717) is 23.6 Å². The van der Waals surface area contributed by atoms with Gasteiger partial charge in [-0.2, -0.15) is 0 Å². The number of carbonyl (C=O) groups excluding carboxylic acids is 2. The Morgan fingerprint density at radius 2 is 1.67 bits per heavy atom.